The SMILES string of the molecule is c1ccc2[nH]c(CN3CC4CNCC4C3)nc2c1. The van der Waals surface area contributed by atoms with Crippen LogP contribution in [0.3, 0.4) is 0 Å². The minimum Gasteiger partial charge on any atom is -0.341 e. The quantitative estimate of drug-likeness (QED) is 0.832. The molecule has 1 aromatic heterocycles. The predicted octanol–water partition coefficient (Wildman–Crippen LogP) is 1.21. The number of fused-ring (bicyclic) bond motifs is 2. The topological polar surface area (TPSA) is 44.0 Å². The monoisotopic (exact) mass is 242 g/mol. The van der Waals surface area contributed by atoms with Gasteiger partial charge in [0.05, 0.1) is 17.6 Å². The molecule has 2 unspecified atom stereocenters. The van der Waals surface area contributed by atoms with Crippen molar-refractivity contribution >= 4 is 11.0 Å². The molecular weight excluding hydrogens is 224 g/mol. The minimum absolute atomic E-state index is 0.856. The summed E-state index contributed by atoms with van der Waals surface area (Å²) >= 11 is 0. The Balaban J connectivity index is 1.51. The number of aromatic nitrogens is 2. The Morgan fingerprint density at radius 1 is 1.17 bits per heavy atom. The normalized spacial score (nSPS) is 28.0. The van der Waals surface area contributed by atoms with Gasteiger partial charge in [-0.05, 0) is 37.1 Å². The summed E-state index contributed by atoms with van der Waals surface area (Å²) in [6, 6.07) is 8.25. The lowest BCUT2D eigenvalue weighted by atomic mass is 10.0. The number of benzene rings is 1. The molecule has 4 heteroatoms. The summed E-state index contributed by atoms with van der Waals surface area (Å²) in [6.45, 7) is 5.79. The highest BCUT2D eigenvalue weighted by Crippen LogP contribution is 2.27. The molecule has 18 heavy (non-hydrogen) atoms. The van der Waals surface area contributed by atoms with Crippen LogP contribution in [-0.4, -0.2) is 41.0 Å². The van der Waals surface area contributed by atoms with E-state index < -0.39 is 0 Å². The van der Waals surface area contributed by atoms with E-state index in [2.05, 4.69) is 38.4 Å². The fourth-order valence-electron chi connectivity index (χ4n) is 3.37. The van der Waals surface area contributed by atoms with E-state index >= 15 is 0 Å². The van der Waals surface area contributed by atoms with Gasteiger partial charge in [-0.2, -0.15) is 0 Å². The molecule has 0 radical (unpaired) electrons. The Hall–Kier alpha value is -1.39. The van der Waals surface area contributed by atoms with Crippen LogP contribution in [-0.2, 0) is 6.54 Å². The Morgan fingerprint density at radius 3 is 2.72 bits per heavy atom. The maximum absolute atomic E-state index is 4.66. The third-order valence-corrected chi connectivity index (χ3v) is 4.28. The zero-order valence-corrected chi connectivity index (χ0v) is 10.4. The Kier molecular flexibility index (Phi) is 2.38. The van der Waals surface area contributed by atoms with Gasteiger partial charge in [0.1, 0.15) is 5.82 Å². The number of nitrogens with one attached hydrogen (secondary N) is 2. The van der Waals surface area contributed by atoms with Gasteiger partial charge in [0.15, 0.2) is 0 Å². The van der Waals surface area contributed by atoms with Crippen molar-refractivity contribution in [3.05, 3.63) is 30.1 Å². The lowest BCUT2D eigenvalue weighted by Gasteiger charge is -2.14. The average molecular weight is 242 g/mol. The molecule has 0 amide bonds. The molecule has 4 nitrogen and oxygen atoms in total. The van der Waals surface area contributed by atoms with E-state index in [9.17, 15) is 0 Å². The molecule has 4 rings (SSSR count). The molecule has 0 bridgehead atoms. The highest BCUT2D eigenvalue weighted by atomic mass is 15.2. The average Bonchev–Trinajstić information content (AvgIpc) is 3.01. The van der Waals surface area contributed by atoms with Crippen LogP contribution < -0.4 is 5.32 Å². The maximum atomic E-state index is 4.66. The van der Waals surface area contributed by atoms with Crippen molar-refractivity contribution in [3.8, 4) is 0 Å². The molecule has 2 aliphatic rings. The van der Waals surface area contributed by atoms with Gasteiger partial charge in [0.2, 0.25) is 0 Å². The van der Waals surface area contributed by atoms with Crippen LogP contribution in [0.25, 0.3) is 11.0 Å². The first-order chi connectivity index (χ1) is 8.88. The standard InChI is InChI=1S/C14H18N4/c1-2-4-13-12(3-1)16-14(17-13)9-18-7-10-5-15-6-11(10)8-18/h1-4,10-11,15H,5-9H2,(H,16,17). The summed E-state index contributed by atoms with van der Waals surface area (Å²) in [5.74, 6) is 2.81. The number of aromatic amines is 1. The zero-order valence-electron chi connectivity index (χ0n) is 10.4. The van der Waals surface area contributed by atoms with Crippen molar-refractivity contribution in [3.63, 3.8) is 0 Å². The van der Waals surface area contributed by atoms with E-state index in [0.29, 0.717) is 0 Å². The highest BCUT2D eigenvalue weighted by Gasteiger charge is 2.36. The van der Waals surface area contributed by atoms with E-state index in [-0.39, 0.29) is 0 Å². The van der Waals surface area contributed by atoms with Crippen LogP contribution in [0.5, 0.6) is 0 Å². The number of imidazole rings is 1. The van der Waals surface area contributed by atoms with E-state index in [1.54, 1.807) is 0 Å². The van der Waals surface area contributed by atoms with Crippen molar-refractivity contribution in [2.45, 2.75) is 6.54 Å². The summed E-state index contributed by atoms with van der Waals surface area (Å²) in [5, 5.41) is 3.48. The van der Waals surface area contributed by atoms with Gasteiger partial charge in [-0.1, -0.05) is 12.1 Å². The van der Waals surface area contributed by atoms with E-state index in [4.69, 9.17) is 0 Å². The third kappa shape index (κ3) is 1.72. The fraction of sp³-hybridized carbons (Fsp3) is 0.500. The first kappa shape index (κ1) is 10.5. The van der Waals surface area contributed by atoms with Gasteiger partial charge >= 0.3 is 0 Å². The predicted molar refractivity (Wildman–Crippen MR) is 71.2 cm³/mol. The molecule has 94 valence electrons. The van der Waals surface area contributed by atoms with Crippen LogP contribution >= 0.6 is 0 Å². The summed E-state index contributed by atoms with van der Waals surface area (Å²) < 4.78 is 0. The second-order valence-electron chi connectivity index (χ2n) is 5.57. The first-order valence-corrected chi connectivity index (χ1v) is 6.75. The largest absolute Gasteiger partial charge is 0.341 e. The summed E-state index contributed by atoms with van der Waals surface area (Å²) in [5.41, 5.74) is 2.22. The molecule has 2 aromatic rings. The summed E-state index contributed by atoms with van der Waals surface area (Å²) in [7, 11) is 0. The van der Waals surface area contributed by atoms with E-state index in [0.717, 1.165) is 35.2 Å². The molecule has 0 aliphatic carbocycles. The molecule has 2 fully saturated rings. The van der Waals surface area contributed by atoms with Crippen LogP contribution in [0.15, 0.2) is 24.3 Å². The molecule has 0 spiro atoms. The van der Waals surface area contributed by atoms with E-state index in [1.165, 1.54) is 26.2 Å². The second kappa shape index (κ2) is 4.07. The zero-order chi connectivity index (χ0) is 11.9. The number of hydrogen-bond acceptors (Lipinski definition) is 3. The number of para-hydroxylation sites is 2. The van der Waals surface area contributed by atoms with Gasteiger partial charge in [0, 0.05) is 13.1 Å². The lowest BCUT2D eigenvalue weighted by molar-refractivity contribution is 0.299. The molecule has 2 saturated heterocycles. The van der Waals surface area contributed by atoms with Crippen LogP contribution in [0.2, 0.25) is 0 Å². The fourth-order valence-corrected chi connectivity index (χ4v) is 3.37. The van der Waals surface area contributed by atoms with Crippen molar-refractivity contribution in [2.24, 2.45) is 11.8 Å². The Bertz CT molecular complexity index is 517. The summed E-state index contributed by atoms with van der Waals surface area (Å²) in [6.07, 6.45) is 0. The number of nitrogens with zero attached hydrogens (tertiary/aromatic N) is 2. The van der Waals surface area contributed by atoms with Crippen LogP contribution in [0.4, 0.5) is 0 Å². The van der Waals surface area contributed by atoms with Crippen molar-refractivity contribution < 1.29 is 0 Å². The molecular formula is C14H18N4. The van der Waals surface area contributed by atoms with Gasteiger partial charge in [0.25, 0.3) is 0 Å². The minimum atomic E-state index is 0.856. The van der Waals surface area contributed by atoms with Crippen molar-refractivity contribution in [2.75, 3.05) is 26.2 Å². The third-order valence-electron chi connectivity index (χ3n) is 4.28. The molecule has 0 saturated carbocycles. The maximum Gasteiger partial charge on any atom is 0.121 e. The van der Waals surface area contributed by atoms with E-state index in [1.807, 2.05) is 6.07 Å². The van der Waals surface area contributed by atoms with Gasteiger partial charge < -0.3 is 10.3 Å². The molecule has 1 aromatic carbocycles. The van der Waals surface area contributed by atoms with Gasteiger partial charge in [-0.3, -0.25) is 4.90 Å². The molecule has 2 aliphatic heterocycles. The Labute approximate surface area is 106 Å². The van der Waals surface area contributed by atoms with Crippen molar-refractivity contribution in [1.82, 2.24) is 20.2 Å². The number of H-pyrrole nitrogens is 1. The smallest absolute Gasteiger partial charge is 0.121 e. The highest BCUT2D eigenvalue weighted by molar-refractivity contribution is 5.74. The molecule has 2 atom stereocenters. The molecule has 3 heterocycles. The Morgan fingerprint density at radius 2 is 1.94 bits per heavy atom. The van der Waals surface area contributed by atoms with Gasteiger partial charge in [-0.25, -0.2) is 4.98 Å². The second-order valence-corrected chi connectivity index (χ2v) is 5.57. The lowest BCUT2D eigenvalue weighted by Crippen LogP contribution is -2.25. The number of hydrogen-bond donors (Lipinski definition) is 2. The van der Waals surface area contributed by atoms with Crippen LogP contribution in [0.1, 0.15) is 5.82 Å². The molecule has 2 N–H and O–H groups in total. The number of rotatable bonds is 2. The van der Waals surface area contributed by atoms with Gasteiger partial charge in [-0.15, -0.1) is 0 Å². The van der Waals surface area contributed by atoms with Crippen molar-refractivity contribution in [1.29, 1.82) is 0 Å². The first-order valence-electron chi connectivity index (χ1n) is 6.75. The number of likely N-dealkylation sites (tertiary alicyclic amines) is 1. The van der Waals surface area contributed by atoms with Crippen LogP contribution in [0, 0.1) is 11.8 Å². The summed E-state index contributed by atoms with van der Waals surface area (Å²) in [4.78, 5) is 10.6.